The molecular formula is C15H15ClIN. The molecule has 2 aromatic rings. The van der Waals surface area contributed by atoms with Crippen LogP contribution in [0.15, 0.2) is 42.5 Å². The van der Waals surface area contributed by atoms with Gasteiger partial charge in [-0.05, 0) is 63.9 Å². The molecule has 0 fully saturated rings. The molecule has 2 rings (SSSR count). The number of nitrogens with two attached hydrogens (primary N) is 1. The average Bonchev–Trinajstić information content (AvgIpc) is 2.41. The van der Waals surface area contributed by atoms with E-state index in [1.165, 1.54) is 5.56 Å². The zero-order valence-corrected chi connectivity index (χ0v) is 13.1. The third kappa shape index (κ3) is 3.05. The quantitative estimate of drug-likeness (QED) is 0.787. The number of hydrogen-bond acceptors (Lipinski definition) is 1. The molecule has 0 aliphatic carbocycles. The summed E-state index contributed by atoms with van der Waals surface area (Å²) < 4.78 is 1.14. The van der Waals surface area contributed by atoms with Crippen molar-refractivity contribution >= 4 is 34.2 Å². The first-order chi connectivity index (χ1) is 8.61. The van der Waals surface area contributed by atoms with E-state index in [9.17, 15) is 0 Å². The molecule has 0 heterocycles. The van der Waals surface area contributed by atoms with Gasteiger partial charge in [-0.2, -0.15) is 0 Å². The van der Waals surface area contributed by atoms with Gasteiger partial charge >= 0.3 is 0 Å². The predicted molar refractivity (Wildman–Crippen MR) is 86.0 cm³/mol. The summed E-state index contributed by atoms with van der Waals surface area (Å²) in [5, 5.41) is 0.728. The van der Waals surface area contributed by atoms with Gasteiger partial charge in [0.1, 0.15) is 0 Å². The Hall–Kier alpha value is -0.580. The van der Waals surface area contributed by atoms with Crippen molar-refractivity contribution in [3.05, 3.63) is 67.7 Å². The Balaban J connectivity index is 2.34. The van der Waals surface area contributed by atoms with E-state index < -0.39 is 0 Å². The van der Waals surface area contributed by atoms with E-state index in [-0.39, 0.29) is 6.04 Å². The first-order valence-electron chi connectivity index (χ1n) is 5.91. The van der Waals surface area contributed by atoms with Crippen molar-refractivity contribution in [1.82, 2.24) is 0 Å². The minimum atomic E-state index is -0.124. The lowest BCUT2D eigenvalue weighted by atomic mass is 9.98. The second-order valence-electron chi connectivity index (χ2n) is 4.24. The van der Waals surface area contributed by atoms with Crippen molar-refractivity contribution in [3.63, 3.8) is 0 Å². The fourth-order valence-corrected chi connectivity index (χ4v) is 2.74. The highest BCUT2D eigenvalue weighted by Crippen LogP contribution is 2.27. The van der Waals surface area contributed by atoms with Crippen molar-refractivity contribution < 1.29 is 0 Å². The Morgan fingerprint density at radius 3 is 2.44 bits per heavy atom. The molecule has 0 amide bonds. The minimum absolute atomic E-state index is 0.124. The smallest absolute Gasteiger partial charge is 0.0562 e. The monoisotopic (exact) mass is 371 g/mol. The maximum atomic E-state index is 6.31. The summed E-state index contributed by atoms with van der Waals surface area (Å²) in [6.45, 7) is 2.15. The molecule has 0 aliphatic heterocycles. The molecule has 0 saturated carbocycles. The van der Waals surface area contributed by atoms with E-state index in [0.29, 0.717) is 0 Å². The first kappa shape index (κ1) is 13.8. The van der Waals surface area contributed by atoms with E-state index in [1.807, 2.05) is 18.2 Å². The zero-order valence-electron chi connectivity index (χ0n) is 10.2. The molecule has 18 heavy (non-hydrogen) atoms. The summed E-state index contributed by atoms with van der Waals surface area (Å²) in [7, 11) is 0. The molecule has 1 nitrogen and oxygen atoms in total. The number of aryl methyl sites for hydroxylation is 1. The topological polar surface area (TPSA) is 26.0 Å². The Labute approximate surface area is 126 Å². The van der Waals surface area contributed by atoms with Crippen LogP contribution in [-0.4, -0.2) is 0 Å². The molecule has 0 aromatic heterocycles. The van der Waals surface area contributed by atoms with E-state index in [1.54, 1.807) is 0 Å². The lowest BCUT2D eigenvalue weighted by Gasteiger charge is -2.15. The molecule has 1 unspecified atom stereocenters. The summed E-state index contributed by atoms with van der Waals surface area (Å²) >= 11 is 8.33. The van der Waals surface area contributed by atoms with Gasteiger partial charge in [-0.25, -0.2) is 0 Å². The fourth-order valence-electron chi connectivity index (χ4n) is 1.89. The van der Waals surface area contributed by atoms with Gasteiger partial charge in [-0.15, -0.1) is 0 Å². The maximum absolute atomic E-state index is 6.31. The predicted octanol–water partition coefficient (Wildman–Crippen LogP) is 4.56. The molecule has 0 saturated heterocycles. The first-order valence-corrected chi connectivity index (χ1v) is 7.37. The second-order valence-corrected chi connectivity index (χ2v) is 5.84. The fraction of sp³-hybridized carbons (Fsp3) is 0.200. The number of hydrogen-bond donors (Lipinski definition) is 1. The third-order valence-corrected chi connectivity index (χ3v) is 4.26. The second kappa shape index (κ2) is 6.04. The lowest BCUT2D eigenvalue weighted by molar-refractivity contribution is 0.863. The van der Waals surface area contributed by atoms with Crippen LogP contribution in [0.5, 0.6) is 0 Å². The molecule has 3 heteroatoms. The number of benzene rings is 2. The SMILES string of the molecule is CCc1ccc(C(N)c2cc(Cl)ccc2I)cc1. The Bertz CT molecular complexity index is 537. The molecule has 94 valence electrons. The maximum Gasteiger partial charge on any atom is 0.0562 e. The highest BCUT2D eigenvalue weighted by Gasteiger charge is 2.12. The lowest BCUT2D eigenvalue weighted by Crippen LogP contribution is -2.13. The van der Waals surface area contributed by atoms with Gasteiger partial charge < -0.3 is 5.73 Å². The van der Waals surface area contributed by atoms with Gasteiger partial charge in [0.05, 0.1) is 6.04 Å². The molecule has 2 aromatic carbocycles. The average molecular weight is 372 g/mol. The molecule has 1 atom stereocenters. The van der Waals surface area contributed by atoms with Crippen molar-refractivity contribution in [2.24, 2.45) is 5.73 Å². The summed E-state index contributed by atoms with van der Waals surface area (Å²) in [4.78, 5) is 0. The van der Waals surface area contributed by atoms with E-state index in [2.05, 4.69) is 53.8 Å². The minimum Gasteiger partial charge on any atom is -0.320 e. The molecule has 0 spiro atoms. The largest absolute Gasteiger partial charge is 0.320 e. The van der Waals surface area contributed by atoms with Crippen molar-refractivity contribution in [1.29, 1.82) is 0 Å². The summed E-state index contributed by atoms with van der Waals surface area (Å²) in [5.41, 5.74) is 9.83. The molecule has 2 N–H and O–H groups in total. The summed E-state index contributed by atoms with van der Waals surface area (Å²) in [6.07, 6.45) is 1.05. The Morgan fingerprint density at radius 2 is 1.83 bits per heavy atom. The van der Waals surface area contributed by atoms with Gasteiger partial charge in [0, 0.05) is 8.59 Å². The van der Waals surface area contributed by atoms with E-state index in [0.717, 1.165) is 26.1 Å². The molecular weight excluding hydrogens is 357 g/mol. The molecule has 0 aliphatic rings. The van der Waals surface area contributed by atoms with E-state index in [4.69, 9.17) is 17.3 Å². The van der Waals surface area contributed by atoms with Crippen LogP contribution in [0.3, 0.4) is 0 Å². The van der Waals surface area contributed by atoms with Crippen LogP contribution >= 0.6 is 34.2 Å². The summed E-state index contributed by atoms with van der Waals surface area (Å²) in [5.74, 6) is 0. The molecule has 0 radical (unpaired) electrons. The summed E-state index contributed by atoms with van der Waals surface area (Å²) in [6, 6.07) is 14.2. The van der Waals surface area contributed by atoms with Crippen molar-refractivity contribution in [2.75, 3.05) is 0 Å². The van der Waals surface area contributed by atoms with Crippen LogP contribution in [0.25, 0.3) is 0 Å². The van der Waals surface area contributed by atoms with Crippen LogP contribution in [0.1, 0.15) is 29.7 Å². The van der Waals surface area contributed by atoms with E-state index >= 15 is 0 Å². The van der Waals surface area contributed by atoms with Crippen LogP contribution < -0.4 is 5.73 Å². The van der Waals surface area contributed by atoms with Gasteiger partial charge in [-0.3, -0.25) is 0 Å². The van der Waals surface area contributed by atoms with Crippen LogP contribution in [0.2, 0.25) is 5.02 Å². The van der Waals surface area contributed by atoms with Crippen molar-refractivity contribution in [2.45, 2.75) is 19.4 Å². The molecule has 0 bridgehead atoms. The normalized spacial score (nSPS) is 12.4. The van der Waals surface area contributed by atoms with Gasteiger partial charge in [0.15, 0.2) is 0 Å². The zero-order chi connectivity index (χ0) is 13.1. The van der Waals surface area contributed by atoms with Crippen LogP contribution in [0, 0.1) is 3.57 Å². The van der Waals surface area contributed by atoms with Crippen molar-refractivity contribution in [3.8, 4) is 0 Å². The Kier molecular flexibility index (Phi) is 4.65. The van der Waals surface area contributed by atoms with Gasteiger partial charge in [0.25, 0.3) is 0 Å². The van der Waals surface area contributed by atoms with Crippen LogP contribution in [0.4, 0.5) is 0 Å². The number of halogens is 2. The van der Waals surface area contributed by atoms with Gasteiger partial charge in [-0.1, -0.05) is 42.8 Å². The highest BCUT2D eigenvalue weighted by molar-refractivity contribution is 14.1. The highest BCUT2D eigenvalue weighted by atomic mass is 127. The Morgan fingerprint density at radius 1 is 1.17 bits per heavy atom. The third-order valence-electron chi connectivity index (χ3n) is 3.04. The standard InChI is InChI=1S/C15H15ClIN/c1-2-10-3-5-11(6-4-10)15(18)13-9-12(16)7-8-14(13)17/h3-9,15H,2,18H2,1H3. The number of rotatable bonds is 3. The van der Waals surface area contributed by atoms with Crippen LogP contribution in [-0.2, 0) is 6.42 Å². The van der Waals surface area contributed by atoms with Gasteiger partial charge in [0.2, 0.25) is 0 Å².